The maximum absolute atomic E-state index is 11.8. The summed E-state index contributed by atoms with van der Waals surface area (Å²) in [5, 5.41) is 5.37. The summed E-state index contributed by atoms with van der Waals surface area (Å²) in [6.07, 6.45) is 2.79. The van der Waals surface area contributed by atoms with Gasteiger partial charge in [0.1, 0.15) is 12.9 Å². The molecule has 20 heavy (non-hydrogen) atoms. The fourth-order valence-electron chi connectivity index (χ4n) is 1.60. The highest BCUT2D eigenvalue weighted by Crippen LogP contribution is 2.16. The second-order valence-electron chi connectivity index (χ2n) is 4.03. The number of hydrogen-bond donors (Lipinski definition) is 2. The fourth-order valence-corrected chi connectivity index (χ4v) is 1.60. The van der Waals surface area contributed by atoms with Gasteiger partial charge in [0.2, 0.25) is 5.91 Å². The van der Waals surface area contributed by atoms with Gasteiger partial charge in [0.25, 0.3) is 5.91 Å². The predicted molar refractivity (Wildman–Crippen MR) is 73.6 cm³/mol. The lowest BCUT2D eigenvalue weighted by molar-refractivity contribution is -0.119. The second kappa shape index (κ2) is 6.53. The third kappa shape index (κ3) is 3.69. The van der Waals surface area contributed by atoms with Gasteiger partial charge in [-0.2, -0.15) is 0 Å². The van der Waals surface area contributed by atoms with Crippen molar-refractivity contribution in [1.82, 2.24) is 0 Å². The average molecular weight is 274 g/mol. The Hall–Kier alpha value is -2.60. The van der Waals surface area contributed by atoms with Crippen molar-refractivity contribution in [3.63, 3.8) is 0 Å². The van der Waals surface area contributed by atoms with Crippen molar-refractivity contribution in [2.75, 3.05) is 24.4 Å². The first-order valence-corrected chi connectivity index (χ1v) is 5.91. The van der Waals surface area contributed by atoms with Crippen molar-refractivity contribution in [3.05, 3.63) is 48.4 Å². The number of hydrogen-bond acceptors (Lipinski definition) is 4. The molecule has 0 fully saturated rings. The Morgan fingerprint density at radius 1 is 1.20 bits per heavy atom. The summed E-state index contributed by atoms with van der Waals surface area (Å²) in [7, 11) is 1.45. The van der Waals surface area contributed by atoms with E-state index in [2.05, 4.69) is 10.6 Å². The van der Waals surface area contributed by atoms with Crippen LogP contribution < -0.4 is 10.6 Å². The summed E-state index contributed by atoms with van der Waals surface area (Å²) in [6.45, 7) is -0.0222. The molecule has 6 nitrogen and oxygen atoms in total. The number of ether oxygens (including phenoxy) is 1. The molecule has 1 heterocycles. The van der Waals surface area contributed by atoms with Crippen LogP contribution in [0.4, 0.5) is 11.4 Å². The molecule has 0 aliphatic heterocycles. The number of carbonyl (C=O) groups excluding carboxylic acids is 2. The molecule has 2 N–H and O–H groups in total. The molecule has 0 spiro atoms. The van der Waals surface area contributed by atoms with E-state index in [1.807, 2.05) is 0 Å². The molecule has 0 aliphatic rings. The minimum Gasteiger partial charge on any atom is -0.472 e. The van der Waals surface area contributed by atoms with Crippen LogP contribution in [-0.4, -0.2) is 25.5 Å². The normalized spacial score (nSPS) is 10.1. The van der Waals surface area contributed by atoms with Gasteiger partial charge in [-0.05, 0) is 24.3 Å². The predicted octanol–water partition coefficient (Wildman–Crippen LogP) is 2.12. The number of carbonyl (C=O) groups is 2. The van der Waals surface area contributed by atoms with E-state index < -0.39 is 0 Å². The Kier molecular flexibility index (Phi) is 4.52. The van der Waals surface area contributed by atoms with E-state index in [4.69, 9.17) is 9.15 Å². The lowest BCUT2D eigenvalue weighted by atomic mass is 10.2. The molecule has 0 saturated carbocycles. The van der Waals surface area contributed by atoms with Crippen molar-refractivity contribution in [2.45, 2.75) is 0 Å². The van der Waals surface area contributed by atoms with Crippen molar-refractivity contribution in [3.8, 4) is 0 Å². The highest BCUT2D eigenvalue weighted by Gasteiger charge is 2.08. The number of benzene rings is 1. The number of anilines is 2. The largest absolute Gasteiger partial charge is 0.472 e. The number of amides is 2. The quantitative estimate of drug-likeness (QED) is 0.875. The van der Waals surface area contributed by atoms with Gasteiger partial charge in [0.15, 0.2) is 0 Å². The van der Waals surface area contributed by atoms with Crippen molar-refractivity contribution >= 4 is 23.2 Å². The first-order chi connectivity index (χ1) is 9.69. The van der Waals surface area contributed by atoms with Crippen LogP contribution in [0.1, 0.15) is 10.4 Å². The standard InChI is InChI=1S/C14H14N2O4/c1-19-9-13(17)15-11-3-2-4-12(7-11)16-14(18)10-5-6-20-8-10/h2-8H,9H2,1H3,(H,15,17)(H,16,18). The van der Waals surface area contributed by atoms with Gasteiger partial charge in [-0.1, -0.05) is 6.07 Å². The monoisotopic (exact) mass is 274 g/mol. The molecule has 0 bridgehead atoms. The molecule has 0 unspecified atom stereocenters. The summed E-state index contributed by atoms with van der Waals surface area (Å²) in [4.78, 5) is 23.2. The van der Waals surface area contributed by atoms with Crippen LogP contribution in [0.25, 0.3) is 0 Å². The Morgan fingerprint density at radius 2 is 1.95 bits per heavy atom. The molecular formula is C14H14N2O4. The van der Waals surface area contributed by atoms with Crippen LogP contribution >= 0.6 is 0 Å². The third-order valence-electron chi connectivity index (χ3n) is 2.46. The molecule has 0 atom stereocenters. The molecular weight excluding hydrogens is 260 g/mol. The van der Waals surface area contributed by atoms with E-state index in [1.165, 1.54) is 19.6 Å². The van der Waals surface area contributed by atoms with Gasteiger partial charge in [0.05, 0.1) is 11.8 Å². The Balaban J connectivity index is 2.02. The zero-order valence-electron chi connectivity index (χ0n) is 10.9. The highest BCUT2D eigenvalue weighted by molar-refractivity contribution is 6.04. The average Bonchev–Trinajstić information content (AvgIpc) is 2.93. The fraction of sp³-hybridized carbons (Fsp3) is 0.143. The van der Waals surface area contributed by atoms with Gasteiger partial charge in [-0.3, -0.25) is 9.59 Å². The second-order valence-corrected chi connectivity index (χ2v) is 4.03. The Bertz CT molecular complexity index is 593. The summed E-state index contributed by atoms with van der Waals surface area (Å²) in [5.74, 6) is -0.537. The van der Waals surface area contributed by atoms with Gasteiger partial charge in [-0.25, -0.2) is 0 Å². The van der Waals surface area contributed by atoms with Crippen LogP contribution in [-0.2, 0) is 9.53 Å². The molecule has 0 aliphatic carbocycles. The molecule has 6 heteroatoms. The van der Waals surface area contributed by atoms with Crippen LogP contribution in [0, 0.1) is 0 Å². The SMILES string of the molecule is COCC(=O)Nc1cccc(NC(=O)c2ccoc2)c1. The molecule has 0 radical (unpaired) electrons. The summed E-state index contributed by atoms with van der Waals surface area (Å²) in [5.41, 5.74) is 1.59. The minimum atomic E-state index is -0.279. The highest BCUT2D eigenvalue weighted by atomic mass is 16.5. The first kappa shape index (κ1) is 13.8. The van der Waals surface area contributed by atoms with Crippen LogP contribution in [0.2, 0.25) is 0 Å². The molecule has 104 valence electrons. The maximum Gasteiger partial charge on any atom is 0.258 e. The third-order valence-corrected chi connectivity index (χ3v) is 2.46. The number of furan rings is 1. The Morgan fingerprint density at radius 3 is 2.60 bits per heavy atom. The topological polar surface area (TPSA) is 80.6 Å². The van der Waals surface area contributed by atoms with E-state index in [1.54, 1.807) is 30.3 Å². The van der Waals surface area contributed by atoms with Gasteiger partial charge in [0, 0.05) is 18.5 Å². The summed E-state index contributed by atoms with van der Waals surface area (Å²) in [6, 6.07) is 8.41. The summed E-state index contributed by atoms with van der Waals surface area (Å²) < 4.78 is 9.57. The zero-order valence-corrected chi connectivity index (χ0v) is 10.9. The number of methoxy groups -OCH3 is 1. The minimum absolute atomic E-state index is 0.0222. The molecule has 1 aromatic carbocycles. The molecule has 1 aromatic heterocycles. The lowest BCUT2D eigenvalue weighted by Crippen LogP contribution is -2.17. The van der Waals surface area contributed by atoms with Crippen LogP contribution in [0.3, 0.4) is 0 Å². The molecule has 2 amide bonds. The van der Waals surface area contributed by atoms with Gasteiger partial charge < -0.3 is 19.8 Å². The van der Waals surface area contributed by atoms with Gasteiger partial charge in [-0.15, -0.1) is 0 Å². The van der Waals surface area contributed by atoms with Crippen LogP contribution in [0.5, 0.6) is 0 Å². The van der Waals surface area contributed by atoms with E-state index in [9.17, 15) is 9.59 Å². The van der Waals surface area contributed by atoms with E-state index >= 15 is 0 Å². The smallest absolute Gasteiger partial charge is 0.258 e. The van der Waals surface area contributed by atoms with Crippen molar-refractivity contribution in [2.24, 2.45) is 0 Å². The number of nitrogens with one attached hydrogen (secondary N) is 2. The number of rotatable bonds is 5. The summed E-state index contributed by atoms with van der Waals surface area (Å²) >= 11 is 0. The van der Waals surface area contributed by atoms with Crippen LogP contribution in [0.15, 0.2) is 47.3 Å². The van der Waals surface area contributed by atoms with Crippen molar-refractivity contribution < 1.29 is 18.7 Å². The Labute approximate surface area is 115 Å². The lowest BCUT2D eigenvalue weighted by Gasteiger charge is -2.08. The molecule has 0 saturated heterocycles. The maximum atomic E-state index is 11.8. The van der Waals surface area contributed by atoms with E-state index in [0.717, 1.165) is 0 Å². The molecule has 2 rings (SSSR count). The molecule has 2 aromatic rings. The zero-order chi connectivity index (χ0) is 14.4. The first-order valence-electron chi connectivity index (χ1n) is 5.91. The van der Waals surface area contributed by atoms with Gasteiger partial charge >= 0.3 is 0 Å². The van der Waals surface area contributed by atoms with Crippen molar-refractivity contribution in [1.29, 1.82) is 0 Å². The van der Waals surface area contributed by atoms with E-state index in [0.29, 0.717) is 16.9 Å². The van der Waals surface area contributed by atoms with E-state index in [-0.39, 0.29) is 18.4 Å².